The second-order valence-corrected chi connectivity index (χ2v) is 6.97. The van der Waals surface area contributed by atoms with Crippen LogP contribution in [-0.4, -0.2) is 34.4 Å². The van der Waals surface area contributed by atoms with Crippen molar-refractivity contribution in [3.05, 3.63) is 35.9 Å². The highest BCUT2D eigenvalue weighted by molar-refractivity contribution is 8.00. The van der Waals surface area contributed by atoms with Gasteiger partial charge in [-0.2, -0.15) is 11.8 Å². The minimum absolute atomic E-state index is 0.0217. The average molecular weight is 290 g/mol. The van der Waals surface area contributed by atoms with Crippen LogP contribution in [-0.2, 0) is 4.79 Å². The summed E-state index contributed by atoms with van der Waals surface area (Å²) in [4.78, 5) is 14.6. The predicted octanol–water partition coefficient (Wildman–Crippen LogP) is 2.79. The zero-order chi connectivity index (χ0) is 13.9. The quantitative estimate of drug-likeness (QED) is 0.925. The van der Waals surface area contributed by atoms with E-state index in [0.717, 1.165) is 13.0 Å². The van der Waals surface area contributed by atoms with Gasteiger partial charge in [0.15, 0.2) is 0 Å². The summed E-state index contributed by atoms with van der Waals surface area (Å²) in [5.41, 5.74) is 1.19. The number of hydrogen-bond donors (Lipinski definition) is 1. The molecule has 0 spiro atoms. The first-order valence-electron chi connectivity index (χ1n) is 7.52. The summed E-state index contributed by atoms with van der Waals surface area (Å²) < 4.78 is 0. The molecule has 0 aliphatic carbocycles. The van der Waals surface area contributed by atoms with E-state index < -0.39 is 0 Å². The van der Waals surface area contributed by atoms with E-state index in [1.54, 1.807) is 0 Å². The second kappa shape index (κ2) is 6.19. The third-order valence-electron chi connectivity index (χ3n) is 4.20. The van der Waals surface area contributed by atoms with Gasteiger partial charge in [-0.1, -0.05) is 37.3 Å². The summed E-state index contributed by atoms with van der Waals surface area (Å²) in [5.74, 6) is 1.52. The fraction of sp³-hybridized carbons (Fsp3) is 0.562. The Morgan fingerprint density at radius 3 is 2.80 bits per heavy atom. The smallest absolute Gasteiger partial charge is 0.241 e. The Morgan fingerprint density at radius 2 is 2.15 bits per heavy atom. The summed E-state index contributed by atoms with van der Waals surface area (Å²) in [6.07, 6.45) is 3.44. The number of amides is 1. The van der Waals surface area contributed by atoms with Crippen LogP contribution in [0.4, 0.5) is 0 Å². The van der Waals surface area contributed by atoms with Gasteiger partial charge >= 0.3 is 0 Å². The topological polar surface area (TPSA) is 32.3 Å². The molecule has 1 aromatic rings. The lowest BCUT2D eigenvalue weighted by Gasteiger charge is -2.27. The number of benzene rings is 1. The van der Waals surface area contributed by atoms with Crippen LogP contribution in [0.2, 0.25) is 0 Å². The lowest BCUT2D eigenvalue weighted by Crippen LogP contribution is -2.35. The Hall–Kier alpha value is -1.00. The molecule has 108 valence electrons. The van der Waals surface area contributed by atoms with Crippen molar-refractivity contribution < 1.29 is 4.79 Å². The molecule has 1 aromatic carbocycles. The molecule has 20 heavy (non-hydrogen) atoms. The molecule has 2 fully saturated rings. The number of nitrogens with zero attached hydrogens (tertiary/aromatic N) is 1. The van der Waals surface area contributed by atoms with Crippen LogP contribution in [0, 0.1) is 0 Å². The molecule has 3 nitrogen and oxygen atoms in total. The molecule has 0 saturated carbocycles. The van der Waals surface area contributed by atoms with Gasteiger partial charge in [0.2, 0.25) is 5.91 Å². The van der Waals surface area contributed by atoms with Crippen molar-refractivity contribution in [2.75, 3.05) is 12.3 Å². The molecule has 0 radical (unpaired) electrons. The Labute approximate surface area is 125 Å². The highest BCUT2D eigenvalue weighted by Crippen LogP contribution is 2.32. The molecule has 2 saturated heterocycles. The number of nitrogens with one attached hydrogen (secondary N) is 1. The van der Waals surface area contributed by atoms with Gasteiger partial charge in [0.25, 0.3) is 0 Å². The fourth-order valence-electron chi connectivity index (χ4n) is 3.09. The van der Waals surface area contributed by atoms with Gasteiger partial charge in [0, 0.05) is 11.8 Å². The number of thioether (sulfide) groups is 1. The van der Waals surface area contributed by atoms with Crippen molar-refractivity contribution in [3.63, 3.8) is 0 Å². The lowest BCUT2D eigenvalue weighted by molar-refractivity contribution is -0.130. The van der Waals surface area contributed by atoms with Gasteiger partial charge in [-0.05, 0) is 30.6 Å². The molecule has 2 aliphatic rings. The largest absolute Gasteiger partial charge is 0.320 e. The molecule has 2 heterocycles. The van der Waals surface area contributed by atoms with Gasteiger partial charge in [0.05, 0.1) is 6.04 Å². The molecule has 0 bridgehead atoms. The summed E-state index contributed by atoms with van der Waals surface area (Å²) in [6, 6.07) is 10.3. The Balaban J connectivity index is 1.80. The van der Waals surface area contributed by atoms with E-state index in [2.05, 4.69) is 29.3 Å². The molecule has 3 atom stereocenters. The van der Waals surface area contributed by atoms with Crippen LogP contribution < -0.4 is 5.32 Å². The van der Waals surface area contributed by atoms with E-state index in [-0.39, 0.29) is 18.1 Å². The maximum atomic E-state index is 12.6. The number of hydrogen-bond acceptors (Lipinski definition) is 3. The zero-order valence-corrected chi connectivity index (χ0v) is 12.7. The molecule has 3 unspecified atom stereocenters. The van der Waals surface area contributed by atoms with Gasteiger partial charge in [-0.25, -0.2) is 0 Å². The SMILES string of the molecule is CCC1NC(c2ccccc2)N(CC2CCCS2)C1=O. The van der Waals surface area contributed by atoms with E-state index in [9.17, 15) is 4.79 Å². The molecule has 1 N–H and O–H groups in total. The molecule has 2 aliphatic heterocycles. The first kappa shape index (κ1) is 14.0. The monoisotopic (exact) mass is 290 g/mol. The van der Waals surface area contributed by atoms with Crippen LogP contribution in [0.3, 0.4) is 0 Å². The molecular formula is C16H22N2OS. The van der Waals surface area contributed by atoms with Crippen molar-refractivity contribution in [1.82, 2.24) is 10.2 Å². The van der Waals surface area contributed by atoms with Crippen LogP contribution in [0.1, 0.15) is 37.9 Å². The first-order valence-corrected chi connectivity index (χ1v) is 8.57. The third-order valence-corrected chi connectivity index (χ3v) is 5.58. The standard InChI is InChI=1S/C16H22N2OS/c1-2-14-16(19)18(11-13-9-6-10-20-13)15(17-14)12-7-4-3-5-8-12/h3-5,7-8,13-15,17H,2,6,9-11H2,1H3. The normalized spacial score (nSPS) is 30.1. The number of rotatable bonds is 4. The van der Waals surface area contributed by atoms with Gasteiger partial charge in [0.1, 0.15) is 6.17 Å². The van der Waals surface area contributed by atoms with Crippen LogP contribution >= 0.6 is 11.8 Å². The fourth-order valence-corrected chi connectivity index (χ4v) is 4.35. The summed E-state index contributed by atoms with van der Waals surface area (Å²) in [5, 5.41) is 4.11. The van der Waals surface area contributed by atoms with Gasteiger partial charge in [-0.3, -0.25) is 10.1 Å². The molecule has 3 rings (SSSR count). The summed E-state index contributed by atoms with van der Waals surface area (Å²) >= 11 is 2.02. The van der Waals surface area contributed by atoms with Crippen molar-refractivity contribution in [2.24, 2.45) is 0 Å². The maximum absolute atomic E-state index is 12.6. The second-order valence-electron chi connectivity index (χ2n) is 5.57. The summed E-state index contributed by atoms with van der Waals surface area (Å²) in [6.45, 7) is 2.96. The number of carbonyl (C=O) groups excluding carboxylic acids is 1. The minimum Gasteiger partial charge on any atom is -0.320 e. The Morgan fingerprint density at radius 1 is 1.35 bits per heavy atom. The van der Waals surface area contributed by atoms with E-state index in [4.69, 9.17) is 0 Å². The molecule has 0 aromatic heterocycles. The molecular weight excluding hydrogens is 268 g/mol. The molecule has 4 heteroatoms. The van der Waals surface area contributed by atoms with Crippen molar-refractivity contribution in [2.45, 2.75) is 43.6 Å². The lowest BCUT2D eigenvalue weighted by atomic mass is 10.1. The van der Waals surface area contributed by atoms with Crippen molar-refractivity contribution >= 4 is 17.7 Å². The Bertz CT molecular complexity index is 459. The van der Waals surface area contributed by atoms with Crippen molar-refractivity contribution in [3.8, 4) is 0 Å². The average Bonchev–Trinajstić information content (AvgIpc) is 3.10. The predicted molar refractivity (Wildman–Crippen MR) is 83.6 cm³/mol. The van der Waals surface area contributed by atoms with E-state index >= 15 is 0 Å². The van der Waals surface area contributed by atoms with E-state index in [1.165, 1.54) is 24.2 Å². The highest BCUT2D eigenvalue weighted by Gasteiger charge is 2.39. The third kappa shape index (κ3) is 2.72. The van der Waals surface area contributed by atoms with Gasteiger partial charge < -0.3 is 4.90 Å². The van der Waals surface area contributed by atoms with Crippen molar-refractivity contribution in [1.29, 1.82) is 0 Å². The van der Waals surface area contributed by atoms with E-state index in [0.29, 0.717) is 5.25 Å². The van der Waals surface area contributed by atoms with Gasteiger partial charge in [-0.15, -0.1) is 0 Å². The highest BCUT2D eigenvalue weighted by atomic mass is 32.2. The Kier molecular flexibility index (Phi) is 4.32. The first-order chi connectivity index (χ1) is 9.79. The van der Waals surface area contributed by atoms with Crippen LogP contribution in [0.25, 0.3) is 0 Å². The minimum atomic E-state index is -0.0217. The summed E-state index contributed by atoms with van der Waals surface area (Å²) in [7, 11) is 0. The number of carbonyl (C=O) groups is 1. The van der Waals surface area contributed by atoms with Crippen LogP contribution in [0.15, 0.2) is 30.3 Å². The van der Waals surface area contributed by atoms with E-state index in [1.807, 2.05) is 30.0 Å². The zero-order valence-electron chi connectivity index (χ0n) is 11.9. The van der Waals surface area contributed by atoms with Crippen LogP contribution in [0.5, 0.6) is 0 Å². The molecule has 1 amide bonds. The maximum Gasteiger partial charge on any atom is 0.241 e.